The van der Waals surface area contributed by atoms with Crippen molar-refractivity contribution in [3.05, 3.63) is 83.4 Å². The lowest BCUT2D eigenvalue weighted by Gasteiger charge is -2.39. The van der Waals surface area contributed by atoms with Crippen molar-refractivity contribution in [3.8, 4) is 11.5 Å². The first kappa shape index (κ1) is 26.8. The molecule has 39 heavy (non-hydrogen) atoms. The molecule has 1 aliphatic carbocycles. The fourth-order valence-corrected chi connectivity index (χ4v) is 4.83. The van der Waals surface area contributed by atoms with Crippen molar-refractivity contribution in [1.29, 1.82) is 0 Å². The molecule has 2 atom stereocenters. The van der Waals surface area contributed by atoms with Gasteiger partial charge in [-0.15, -0.1) is 9.24 Å². The van der Waals surface area contributed by atoms with Gasteiger partial charge in [-0.2, -0.15) is 0 Å². The summed E-state index contributed by atoms with van der Waals surface area (Å²) in [7, 11) is 5.92. The number of carbonyl (C=O) groups is 2. The number of nitrogens with one attached hydrogen (secondary N) is 3. The molecule has 0 spiro atoms. The summed E-state index contributed by atoms with van der Waals surface area (Å²) in [6, 6.07) is 16.4. The van der Waals surface area contributed by atoms with Crippen LogP contribution in [-0.2, 0) is 31.6 Å². The van der Waals surface area contributed by atoms with Gasteiger partial charge in [0, 0.05) is 49.8 Å². The molecule has 3 aromatic rings. The molecule has 2 heterocycles. The zero-order valence-corrected chi connectivity index (χ0v) is 23.0. The van der Waals surface area contributed by atoms with Gasteiger partial charge in [0.2, 0.25) is 11.8 Å². The highest BCUT2D eigenvalue weighted by Crippen LogP contribution is 2.34. The number of hydrogen-bond acceptors (Lipinski definition) is 7. The summed E-state index contributed by atoms with van der Waals surface area (Å²) < 4.78 is 17.1. The average Bonchev–Trinajstić information content (AvgIpc) is 2.93. The third-order valence-electron chi connectivity index (χ3n) is 7.05. The maximum Gasteiger partial charge on any atom is 0.242 e. The summed E-state index contributed by atoms with van der Waals surface area (Å²) in [6.07, 6.45) is 4.82. The van der Waals surface area contributed by atoms with Crippen LogP contribution < -0.4 is 20.7 Å². The third kappa shape index (κ3) is 5.52. The Bertz CT molecular complexity index is 1390. The van der Waals surface area contributed by atoms with Gasteiger partial charge < -0.3 is 30.2 Å². The first-order valence-corrected chi connectivity index (χ1v) is 13.4. The van der Waals surface area contributed by atoms with Crippen LogP contribution in [-0.4, -0.2) is 50.2 Å². The van der Waals surface area contributed by atoms with Crippen LogP contribution in [0.15, 0.2) is 66.6 Å². The number of nitrogens with zero attached hydrogens (tertiary/aromatic N) is 1. The standard InChI is InChI=1S/C29H31N4O5P/c1-36-25-13-22-23(14-26(25)37-2)31-12-11-24(22)38-21-9-7-20(8-10-21)33-28(35)29(16-30-17-29)27(34)32-19-5-3-18(15-39)4-6-19/h3-13,26,30H,14-17,39H2,1-2H3,(H,32,34)(H,33,35). The number of hydrogen-bond donors (Lipinski definition) is 3. The van der Waals surface area contributed by atoms with Gasteiger partial charge in [0.05, 0.1) is 12.8 Å². The van der Waals surface area contributed by atoms with E-state index in [2.05, 4.69) is 30.2 Å². The average molecular weight is 547 g/mol. The summed E-state index contributed by atoms with van der Waals surface area (Å²) in [5.74, 6) is 1.25. The summed E-state index contributed by atoms with van der Waals surface area (Å²) in [5, 5.41) is 8.83. The highest BCUT2D eigenvalue weighted by atomic mass is 31.0. The molecule has 10 heteroatoms. The minimum atomic E-state index is -1.18. The molecule has 202 valence electrons. The maximum absolute atomic E-state index is 13.2. The Hall–Kier alpha value is -3.78. The van der Waals surface area contributed by atoms with Gasteiger partial charge in [-0.05, 0) is 60.3 Å². The van der Waals surface area contributed by atoms with Crippen molar-refractivity contribution in [1.82, 2.24) is 10.3 Å². The molecule has 1 fully saturated rings. The molecule has 0 saturated carbocycles. The highest BCUT2D eigenvalue weighted by Gasteiger charge is 2.51. The Morgan fingerprint density at radius 2 is 1.64 bits per heavy atom. The van der Waals surface area contributed by atoms with E-state index in [1.54, 1.807) is 50.7 Å². The lowest BCUT2D eigenvalue weighted by molar-refractivity contribution is -0.140. The van der Waals surface area contributed by atoms with Crippen molar-refractivity contribution in [3.63, 3.8) is 0 Å². The van der Waals surface area contributed by atoms with Gasteiger partial charge in [0.15, 0.2) is 5.41 Å². The fourth-order valence-electron chi connectivity index (χ4n) is 4.56. The van der Waals surface area contributed by atoms with Gasteiger partial charge in [0.1, 0.15) is 23.4 Å². The van der Waals surface area contributed by atoms with E-state index in [0.29, 0.717) is 35.1 Å². The van der Waals surface area contributed by atoms with E-state index in [-0.39, 0.29) is 31.0 Å². The molecule has 2 amide bonds. The van der Waals surface area contributed by atoms with E-state index in [9.17, 15) is 9.59 Å². The predicted molar refractivity (Wildman–Crippen MR) is 153 cm³/mol. The lowest BCUT2D eigenvalue weighted by atomic mass is 9.79. The van der Waals surface area contributed by atoms with E-state index in [1.807, 2.05) is 30.3 Å². The quantitative estimate of drug-likeness (QED) is 0.275. The number of carbonyl (C=O) groups excluding carboxylic acids is 2. The second-order valence-electron chi connectivity index (χ2n) is 9.47. The van der Waals surface area contributed by atoms with E-state index in [4.69, 9.17) is 14.2 Å². The number of aromatic nitrogens is 1. The smallest absolute Gasteiger partial charge is 0.242 e. The normalized spacial score (nSPS) is 17.2. The molecule has 2 unspecified atom stereocenters. The lowest BCUT2D eigenvalue weighted by Crippen LogP contribution is -2.65. The molecule has 1 saturated heterocycles. The summed E-state index contributed by atoms with van der Waals surface area (Å²) in [6.45, 7) is 0.535. The number of ether oxygens (including phenoxy) is 3. The van der Waals surface area contributed by atoms with Crippen molar-refractivity contribution < 1.29 is 23.8 Å². The van der Waals surface area contributed by atoms with Gasteiger partial charge in [-0.1, -0.05) is 12.1 Å². The number of amides is 2. The number of benzene rings is 2. The molecule has 5 rings (SSSR count). The molecule has 0 bridgehead atoms. The molecule has 3 N–H and O–H groups in total. The number of anilines is 2. The molecule has 1 aliphatic heterocycles. The molecule has 2 aliphatic rings. The van der Waals surface area contributed by atoms with E-state index < -0.39 is 5.41 Å². The topological polar surface area (TPSA) is 111 Å². The molecule has 0 radical (unpaired) electrons. The Kier molecular flexibility index (Phi) is 7.93. The van der Waals surface area contributed by atoms with Gasteiger partial charge >= 0.3 is 0 Å². The van der Waals surface area contributed by atoms with Crippen LogP contribution >= 0.6 is 9.24 Å². The van der Waals surface area contributed by atoms with Gasteiger partial charge in [-0.25, -0.2) is 0 Å². The Morgan fingerprint density at radius 1 is 1.00 bits per heavy atom. The van der Waals surface area contributed by atoms with Gasteiger partial charge in [0.25, 0.3) is 0 Å². The van der Waals surface area contributed by atoms with Crippen LogP contribution in [0, 0.1) is 5.41 Å². The minimum absolute atomic E-state index is 0.190. The second kappa shape index (κ2) is 11.5. The third-order valence-corrected chi connectivity index (χ3v) is 7.52. The molecular formula is C29H31N4O5P. The van der Waals surface area contributed by atoms with E-state index in [0.717, 1.165) is 23.0 Å². The second-order valence-corrected chi connectivity index (χ2v) is 9.88. The van der Waals surface area contributed by atoms with Crippen LogP contribution in [0.5, 0.6) is 11.5 Å². The number of pyridine rings is 1. The first-order chi connectivity index (χ1) is 19.0. The van der Waals surface area contributed by atoms with E-state index in [1.165, 1.54) is 0 Å². The van der Waals surface area contributed by atoms with Crippen molar-refractivity contribution in [2.24, 2.45) is 5.41 Å². The minimum Gasteiger partial charge on any atom is -0.498 e. The summed E-state index contributed by atoms with van der Waals surface area (Å²) >= 11 is 0. The molecule has 9 nitrogen and oxygen atoms in total. The number of rotatable bonds is 9. The Morgan fingerprint density at radius 3 is 2.18 bits per heavy atom. The van der Waals surface area contributed by atoms with Gasteiger partial charge in [-0.3, -0.25) is 14.6 Å². The van der Waals surface area contributed by atoms with E-state index >= 15 is 0 Å². The largest absolute Gasteiger partial charge is 0.498 e. The van der Waals surface area contributed by atoms with Crippen molar-refractivity contribution >= 4 is 38.5 Å². The van der Waals surface area contributed by atoms with Crippen LogP contribution in [0.3, 0.4) is 0 Å². The Balaban J connectivity index is 1.26. The van der Waals surface area contributed by atoms with Crippen LogP contribution in [0.1, 0.15) is 16.8 Å². The van der Waals surface area contributed by atoms with Crippen molar-refractivity contribution in [2.45, 2.75) is 18.7 Å². The monoisotopic (exact) mass is 546 g/mol. The molecule has 2 aromatic carbocycles. The highest BCUT2D eigenvalue weighted by molar-refractivity contribution is 7.15. The summed E-state index contributed by atoms with van der Waals surface area (Å²) in [4.78, 5) is 30.8. The SMILES string of the molecule is COC1=Cc2c(Oc3ccc(NC(=O)C4(C(=O)Nc5ccc(CP)cc5)CNC4)cc3)ccnc2CC1OC. The maximum atomic E-state index is 13.2. The molecular weight excluding hydrogens is 515 g/mol. The number of methoxy groups -OCH3 is 2. The molecule has 1 aromatic heterocycles. The van der Waals surface area contributed by atoms with Crippen LogP contribution in [0.2, 0.25) is 0 Å². The number of fused-ring (bicyclic) bond motifs is 1. The van der Waals surface area contributed by atoms with Crippen LogP contribution in [0.25, 0.3) is 6.08 Å². The summed E-state index contributed by atoms with van der Waals surface area (Å²) in [5.41, 5.74) is 2.89. The van der Waals surface area contributed by atoms with Crippen molar-refractivity contribution in [2.75, 3.05) is 37.9 Å². The first-order valence-electron chi connectivity index (χ1n) is 12.6. The fraction of sp³-hybridized carbons (Fsp3) is 0.276. The zero-order valence-electron chi connectivity index (χ0n) is 21.8. The van der Waals surface area contributed by atoms with Crippen LogP contribution in [0.4, 0.5) is 11.4 Å². The Labute approximate surface area is 229 Å². The zero-order chi connectivity index (χ0) is 27.4. The predicted octanol–water partition coefficient (Wildman–Crippen LogP) is 3.97.